The number of aromatic nitrogens is 1. The molecule has 0 bridgehead atoms. The molecule has 22 heavy (non-hydrogen) atoms. The molecule has 0 saturated carbocycles. The van der Waals surface area contributed by atoms with Crippen molar-refractivity contribution in [3.63, 3.8) is 0 Å². The van der Waals surface area contributed by atoms with Crippen LogP contribution in [0.2, 0.25) is 0 Å². The van der Waals surface area contributed by atoms with Crippen LogP contribution in [0, 0.1) is 0 Å². The SMILES string of the molecule is COC(=O)c1cc(-c2ccc(OC)cc2)c2ccccc2n1. The molecule has 0 saturated heterocycles. The van der Waals surface area contributed by atoms with Gasteiger partial charge in [0.2, 0.25) is 0 Å². The minimum absolute atomic E-state index is 0.298. The zero-order valence-corrected chi connectivity index (χ0v) is 12.4. The molecule has 2 aromatic carbocycles. The smallest absolute Gasteiger partial charge is 0.356 e. The second-order valence-electron chi connectivity index (χ2n) is 4.79. The van der Waals surface area contributed by atoms with Crippen molar-refractivity contribution >= 4 is 16.9 Å². The molecule has 0 N–H and O–H groups in total. The monoisotopic (exact) mass is 293 g/mol. The van der Waals surface area contributed by atoms with Crippen molar-refractivity contribution in [3.8, 4) is 16.9 Å². The Labute approximate surface area is 128 Å². The maximum atomic E-state index is 11.8. The summed E-state index contributed by atoms with van der Waals surface area (Å²) in [6.45, 7) is 0. The van der Waals surface area contributed by atoms with Crippen molar-refractivity contribution in [2.24, 2.45) is 0 Å². The van der Waals surface area contributed by atoms with Crippen LogP contribution in [-0.2, 0) is 4.74 Å². The topological polar surface area (TPSA) is 48.4 Å². The minimum atomic E-state index is -0.444. The maximum Gasteiger partial charge on any atom is 0.356 e. The van der Waals surface area contributed by atoms with Crippen molar-refractivity contribution in [2.75, 3.05) is 14.2 Å². The van der Waals surface area contributed by atoms with Crippen molar-refractivity contribution in [1.29, 1.82) is 0 Å². The van der Waals surface area contributed by atoms with Crippen molar-refractivity contribution in [3.05, 3.63) is 60.3 Å². The van der Waals surface area contributed by atoms with Crippen LogP contribution in [0.4, 0.5) is 0 Å². The first kappa shape index (κ1) is 14.1. The van der Waals surface area contributed by atoms with E-state index in [1.54, 1.807) is 13.2 Å². The molecule has 0 amide bonds. The lowest BCUT2D eigenvalue weighted by molar-refractivity contribution is 0.0594. The molecule has 0 aliphatic carbocycles. The first-order valence-corrected chi connectivity index (χ1v) is 6.85. The highest BCUT2D eigenvalue weighted by Gasteiger charge is 2.13. The van der Waals surface area contributed by atoms with Crippen LogP contribution in [0.3, 0.4) is 0 Å². The average Bonchev–Trinajstić information content (AvgIpc) is 2.60. The third-order valence-electron chi connectivity index (χ3n) is 3.51. The number of hydrogen-bond donors (Lipinski definition) is 0. The molecular weight excluding hydrogens is 278 g/mol. The van der Waals surface area contributed by atoms with Crippen LogP contribution in [0.25, 0.3) is 22.0 Å². The third-order valence-corrected chi connectivity index (χ3v) is 3.51. The van der Waals surface area contributed by atoms with E-state index in [1.807, 2.05) is 48.5 Å². The van der Waals surface area contributed by atoms with Gasteiger partial charge in [-0.3, -0.25) is 0 Å². The van der Waals surface area contributed by atoms with E-state index < -0.39 is 5.97 Å². The Bertz CT molecular complexity index is 825. The Hall–Kier alpha value is -2.88. The molecule has 3 aromatic rings. The molecule has 1 heterocycles. The first-order valence-electron chi connectivity index (χ1n) is 6.85. The van der Waals surface area contributed by atoms with Gasteiger partial charge < -0.3 is 9.47 Å². The van der Waals surface area contributed by atoms with Gasteiger partial charge in [-0.2, -0.15) is 0 Å². The van der Waals surface area contributed by atoms with Gasteiger partial charge in [0.1, 0.15) is 11.4 Å². The molecule has 0 atom stereocenters. The van der Waals surface area contributed by atoms with Crippen LogP contribution >= 0.6 is 0 Å². The highest BCUT2D eigenvalue weighted by atomic mass is 16.5. The van der Waals surface area contributed by atoms with Gasteiger partial charge in [-0.15, -0.1) is 0 Å². The van der Waals surface area contributed by atoms with Crippen LogP contribution in [-0.4, -0.2) is 25.2 Å². The van der Waals surface area contributed by atoms with E-state index in [9.17, 15) is 4.79 Å². The number of carbonyl (C=O) groups excluding carboxylic acids is 1. The molecule has 0 spiro atoms. The maximum absolute atomic E-state index is 11.8. The largest absolute Gasteiger partial charge is 0.497 e. The summed E-state index contributed by atoms with van der Waals surface area (Å²) in [5.41, 5.74) is 2.99. The third kappa shape index (κ3) is 2.51. The molecule has 110 valence electrons. The van der Waals surface area contributed by atoms with Crippen LogP contribution in [0.5, 0.6) is 5.75 Å². The molecule has 0 radical (unpaired) electrons. The molecule has 0 unspecified atom stereocenters. The Kier molecular flexibility index (Phi) is 3.74. The highest BCUT2D eigenvalue weighted by molar-refractivity contribution is 5.99. The molecule has 4 nitrogen and oxygen atoms in total. The molecule has 0 aliphatic heterocycles. The van der Waals surface area contributed by atoms with Gasteiger partial charge in [0.25, 0.3) is 0 Å². The Morgan fingerprint density at radius 1 is 1.00 bits per heavy atom. The lowest BCUT2D eigenvalue weighted by Crippen LogP contribution is -2.05. The Balaban J connectivity index is 2.23. The number of fused-ring (bicyclic) bond motifs is 1. The van der Waals surface area contributed by atoms with Gasteiger partial charge >= 0.3 is 5.97 Å². The highest BCUT2D eigenvalue weighted by Crippen LogP contribution is 2.30. The van der Waals surface area contributed by atoms with Gasteiger partial charge in [0.15, 0.2) is 0 Å². The lowest BCUT2D eigenvalue weighted by atomic mass is 10.00. The van der Waals surface area contributed by atoms with E-state index in [-0.39, 0.29) is 0 Å². The van der Waals surface area contributed by atoms with Gasteiger partial charge in [-0.05, 0) is 35.4 Å². The van der Waals surface area contributed by atoms with Gasteiger partial charge in [-0.1, -0.05) is 30.3 Å². The second-order valence-corrected chi connectivity index (χ2v) is 4.79. The zero-order chi connectivity index (χ0) is 15.5. The summed E-state index contributed by atoms with van der Waals surface area (Å²) in [7, 11) is 2.98. The quantitative estimate of drug-likeness (QED) is 0.691. The molecule has 0 fully saturated rings. The number of esters is 1. The first-order chi connectivity index (χ1) is 10.7. The van der Waals surface area contributed by atoms with Gasteiger partial charge in [-0.25, -0.2) is 9.78 Å². The summed E-state index contributed by atoms with van der Waals surface area (Å²) in [5.74, 6) is 0.343. The number of pyridine rings is 1. The van der Waals surface area contributed by atoms with E-state index >= 15 is 0 Å². The fourth-order valence-corrected chi connectivity index (χ4v) is 2.39. The molecule has 4 heteroatoms. The Morgan fingerprint density at radius 2 is 1.73 bits per heavy atom. The molecule has 3 rings (SSSR count). The number of hydrogen-bond acceptors (Lipinski definition) is 4. The summed E-state index contributed by atoms with van der Waals surface area (Å²) in [6.07, 6.45) is 0. The van der Waals surface area contributed by atoms with Gasteiger partial charge in [0.05, 0.1) is 19.7 Å². The number of para-hydroxylation sites is 1. The fraction of sp³-hybridized carbons (Fsp3) is 0.111. The minimum Gasteiger partial charge on any atom is -0.497 e. The van der Waals surface area contributed by atoms with E-state index in [0.717, 1.165) is 27.8 Å². The number of nitrogens with zero attached hydrogens (tertiary/aromatic N) is 1. The van der Waals surface area contributed by atoms with E-state index in [2.05, 4.69) is 4.98 Å². The van der Waals surface area contributed by atoms with E-state index in [0.29, 0.717) is 5.69 Å². The summed E-state index contributed by atoms with van der Waals surface area (Å²) in [6, 6.07) is 17.2. The normalized spacial score (nSPS) is 10.5. The van der Waals surface area contributed by atoms with Crippen LogP contribution < -0.4 is 4.74 Å². The fourth-order valence-electron chi connectivity index (χ4n) is 2.39. The predicted octanol–water partition coefficient (Wildman–Crippen LogP) is 3.70. The summed E-state index contributed by atoms with van der Waals surface area (Å²) < 4.78 is 9.98. The van der Waals surface area contributed by atoms with Crippen LogP contribution in [0.1, 0.15) is 10.5 Å². The lowest BCUT2D eigenvalue weighted by Gasteiger charge is -2.09. The predicted molar refractivity (Wildman–Crippen MR) is 85.1 cm³/mol. The molecule has 0 aliphatic rings. The van der Waals surface area contributed by atoms with E-state index in [4.69, 9.17) is 9.47 Å². The Morgan fingerprint density at radius 3 is 2.41 bits per heavy atom. The van der Waals surface area contributed by atoms with Crippen LogP contribution in [0.15, 0.2) is 54.6 Å². The average molecular weight is 293 g/mol. The van der Waals surface area contributed by atoms with Crippen molar-refractivity contribution < 1.29 is 14.3 Å². The second kappa shape index (κ2) is 5.85. The molecule has 1 aromatic heterocycles. The number of benzene rings is 2. The molecular formula is C18H15NO3. The number of methoxy groups -OCH3 is 2. The van der Waals surface area contributed by atoms with Gasteiger partial charge in [0, 0.05) is 5.39 Å². The van der Waals surface area contributed by atoms with E-state index in [1.165, 1.54) is 7.11 Å². The summed E-state index contributed by atoms with van der Waals surface area (Å²) >= 11 is 0. The van der Waals surface area contributed by atoms with Crippen molar-refractivity contribution in [2.45, 2.75) is 0 Å². The number of carbonyl (C=O) groups is 1. The number of ether oxygens (including phenoxy) is 2. The zero-order valence-electron chi connectivity index (χ0n) is 12.4. The summed E-state index contributed by atoms with van der Waals surface area (Å²) in [4.78, 5) is 16.2. The van der Waals surface area contributed by atoms with Crippen molar-refractivity contribution in [1.82, 2.24) is 4.98 Å². The summed E-state index contributed by atoms with van der Waals surface area (Å²) in [5, 5.41) is 0.986. The number of rotatable bonds is 3. The standard InChI is InChI=1S/C18H15NO3/c1-21-13-9-7-12(8-10-13)15-11-17(18(20)22-2)19-16-6-4-3-5-14(15)16/h3-11H,1-2H3.